The monoisotopic (exact) mass is 362 g/mol. The molecule has 0 aliphatic carbocycles. The molecule has 1 unspecified atom stereocenters. The van der Waals surface area contributed by atoms with Gasteiger partial charge in [-0.3, -0.25) is 9.59 Å². The predicted molar refractivity (Wildman–Crippen MR) is 72.0 cm³/mol. The van der Waals surface area contributed by atoms with Crippen LogP contribution in [0.4, 0.5) is 0 Å². The highest BCUT2D eigenvalue weighted by molar-refractivity contribution is 9.13. The van der Waals surface area contributed by atoms with Crippen molar-refractivity contribution >= 4 is 43.6 Å². The molecule has 0 fully saturated rings. The first kappa shape index (κ1) is 14.4. The summed E-state index contributed by atoms with van der Waals surface area (Å²) in [7, 11) is 1.32. The average Bonchev–Trinajstić information content (AvgIpc) is 2.31. The van der Waals surface area contributed by atoms with E-state index in [-0.39, 0.29) is 24.1 Å². The molecule has 0 aliphatic rings. The molecule has 0 aromatic heterocycles. The number of hydrogen-bond acceptors (Lipinski definition) is 3. The molecule has 0 radical (unpaired) electrons. The van der Waals surface area contributed by atoms with Crippen molar-refractivity contribution in [2.45, 2.75) is 13.3 Å². The minimum Gasteiger partial charge on any atom is -0.469 e. The number of rotatable bonds is 4. The maximum absolute atomic E-state index is 12.0. The summed E-state index contributed by atoms with van der Waals surface area (Å²) in [4.78, 5) is 23.1. The predicted octanol–water partition coefficient (Wildman–Crippen LogP) is 3.59. The normalized spacial score (nSPS) is 12.0. The topological polar surface area (TPSA) is 43.4 Å². The molecular weight excluding hydrogens is 352 g/mol. The lowest BCUT2D eigenvalue weighted by Gasteiger charge is -2.09. The van der Waals surface area contributed by atoms with Gasteiger partial charge in [0.1, 0.15) is 0 Å². The quantitative estimate of drug-likeness (QED) is 0.606. The van der Waals surface area contributed by atoms with Crippen LogP contribution in [-0.2, 0) is 9.53 Å². The van der Waals surface area contributed by atoms with Crippen LogP contribution in [-0.4, -0.2) is 18.9 Å². The lowest BCUT2D eigenvalue weighted by Crippen LogP contribution is -2.16. The second kappa shape index (κ2) is 6.31. The first-order valence-electron chi connectivity index (χ1n) is 5.01. The van der Waals surface area contributed by atoms with Crippen LogP contribution in [0.5, 0.6) is 0 Å². The van der Waals surface area contributed by atoms with Gasteiger partial charge in [-0.2, -0.15) is 0 Å². The Hall–Kier alpha value is -0.680. The van der Waals surface area contributed by atoms with Gasteiger partial charge in [0.05, 0.1) is 13.5 Å². The Morgan fingerprint density at radius 2 is 1.94 bits per heavy atom. The van der Waals surface area contributed by atoms with Crippen LogP contribution >= 0.6 is 31.9 Å². The van der Waals surface area contributed by atoms with Crippen molar-refractivity contribution in [3.8, 4) is 0 Å². The fraction of sp³-hybridized carbons (Fsp3) is 0.333. The van der Waals surface area contributed by atoms with Gasteiger partial charge in [0.25, 0.3) is 0 Å². The van der Waals surface area contributed by atoms with E-state index in [1.54, 1.807) is 25.1 Å². The van der Waals surface area contributed by atoms with Gasteiger partial charge in [0.15, 0.2) is 5.78 Å². The number of benzene rings is 1. The highest BCUT2D eigenvalue weighted by Crippen LogP contribution is 2.25. The maximum Gasteiger partial charge on any atom is 0.306 e. The molecule has 0 heterocycles. The Kier molecular flexibility index (Phi) is 5.33. The molecule has 5 heteroatoms. The Morgan fingerprint density at radius 3 is 2.47 bits per heavy atom. The number of esters is 1. The van der Waals surface area contributed by atoms with Crippen molar-refractivity contribution in [3.63, 3.8) is 0 Å². The summed E-state index contributed by atoms with van der Waals surface area (Å²) in [6, 6.07) is 5.26. The summed E-state index contributed by atoms with van der Waals surface area (Å²) in [6.45, 7) is 1.72. The zero-order chi connectivity index (χ0) is 13.0. The van der Waals surface area contributed by atoms with E-state index < -0.39 is 0 Å². The van der Waals surface area contributed by atoms with Gasteiger partial charge in [0.2, 0.25) is 0 Å². The molecule has 0 saturated carbocycles. The van der Waals surface area contributed by atoms with E-state index in [4.69, 9.17) is 0 Å². The molecule has 1 aromatic carbocycles. The Labute approximate surface area is 117 Å². The molecule has 0 amide bonds. The van der Waals surface area contributed by atoms with Gasteiger partial charge in [-0.05, 0) is 44.0 Å². The van der Waals surface area contributed by atoms with Gasteiger partial charge >= 0.3 is 5.97 Å². The first-order valence-corrected chi connectivity index (χ1v) is 6.60. The Morgan fingerprint density at radius 1 is 1.29 bits per heavy atom. The SMILES string of the molecule is COC(=O)CC(C)C(=O)c1ccc(Br)c(Br)c1. The van der Waals surface area contributed by atoms with E-state index in [9.17, 15) is 9.59 Å². The number of Topliss-reactive ketones (excluding diaryl/α,β-unsaturated/α-hetero) is 1. The number of hydrogen-bond donors (Lipinski definition) is 0. The van der Waals surface area contributed by atoms with E-state index in [0.29, 0.717) is 5.56 Å². The summed E-state index contributed by atoms with van der Waals surface area (Å²) in [6.07, 6.45) is 0.100. The molecule has 0 aliphatic heterocycles. The summed E-state index contributed by atoms with van der Waals surface area (Å²) >= 11 is 6.67. The van der Waals surface area contributed by atoms with Crippen LogP contribution < -0.4 is 0 Å². The van der Waals surface area contributed by atoms with Crippen LogP contribution in [0.1, 0.15) is 23.7 Å². The number of ketones is 1. The summed E-state index contributed by atoms with van der Waals surface area (Å²) < 4.78 is 6.24. The van der Waals surface area contributed by atoms with Gasteiger partial charge < -0.3 is 4.74 Å². The standard InChI is InChI=1S/C12H12Br2O3/c1-7(5-11(15)17-2)12(16)8-3-4-9(13)10(14)6-8/h3-4,6-7H,5H2,1-2H3. The average molecular weight is 364 g/mol. The van der Waals surface area contributed by atoms with Crippen LogP contribution in [0.15, 0.2) is 27.1 Å². The highest BCUT2D eigenvalue weighted by Gasteiger charge is 2.19. The zero-order valence-corrected chi connectivity index (χ0v) is 12.7. The lowest BCUT2D eigenvalue weighted by molar-refractivity contribution is -0.141. The van der Waals surface area contributed by atoms with Crippen LogP contribution in [0.25, 0.3) is 0 Å². The van der Waals surface area contributed by atoms with Crippen molar-refractivity contribution in [2.24, 2.45) is 5.92 Å². The van der Waals surface area contributed by atoms with E-state index in [1.165, 1.54) is 7.11 Å². The fourth-order valence-corrected chi connectivity index (χ4v) is 1.99. The van der Waals surface area contributed by atoms with E-state index >= 15 is 0 Å². The van der Waals surface area contributed by atoms with E-state index in [1.807, 2.05) is 0 Å². The lowest BCUT2D eigenvalue weighted by atomic mass is 9.96. The molecule has 0 saturated heterocycles. The van der Waals surface area contributed by atoms with Crippen molar-refractivity contribution in [2.75, 3.05) is 7.11 Å². The van der Waals surface area contributed by atoms with Crippen molar-refractivity contribution in [1.29, 1.82) is 0 Å². The van der Waals surface area contributed by atoms with E-state index in [2.05, 4.69) is 36.6 Å². The molecule has 1 aromatic rings. The Balaban J connectivity index is 2.81. The Bertz CT molecular complexity index is 443. The number of ether oxygens (including phenoxy) is 1. The molecule has 92 valence electrons. The summed E-state index contributed by atoms with van der Waals surface area (Å²) in [5.74, 6) is -0.818. The number of carbonyl (C=O) groups excluding carboxylic acids is 2. The van der Waals surface area contributed by atoms with Crippen molar-refractivity contribution in [1.82, 2.24) is 0 Å². The largest absolute Gasteiger partial charge is 0.469 e. The first-order chi connectivity index (χ1) is 7.95. The van der Waals surface area contributed by atoms with Crippen molar-refractivity contribution in [3.05, 3.63) is 32.7 Å². The zero-order valence-electron chi connectivity index (χ0n) is 9.50. The number of methoxy groups -OCH3 is 1. The number of carbonyl (C=O) groups is 2. The van der Waals surface area contributed by atoms with Gasteiger partial charge in [0, 0.05) is 20.4 Å². The minimum absolute atomic E-state index is 0.0661. The van der Waals surface area contributed by atoms with Gasteiger partial charge in [-0.15, -0.1) is 0 Å². The molecule has 1 atom stereocenters. The number of halogens is 2. The molecule has 3 nitrogen and oxygen atoms in total. The second-order valence-electron chi connectivity index (χ2n) is 3.67. The molecular formula is C12H12Br2O3. The third kappa shape index (κ3) is 3.92. The third-order valence-corrected chi connectivity index (χ3v) is 4.23. The highest BCUT2D eigenvalue weighted by atomic mass is 79.9. The third-order valence-electron chi connectivity index (χ3n) is 2.35. The molecule has 1 rings (SSSR count). The molecule has 0 N–H and O–H groups in total. The minimum atomic E-state index is -0.379. The fourth-order valence-electron chi connectivity index (χ4n) is 1.36. The summed E-state index contributed by atoms with van der Waals surface area (Å²) in [5.41, 5.74) is 0.580. The van der Waals surface area contributed by atoms with E-state index in [0.717, 1.165) is 8.95 Å². The van der Waals surface area contributed by atoms with Crippen LogP contribution in [0.3, 0.4) is 0 Å². The summed E-state index contributed by atoms with van der Waals surface area (Å²) in [5, 5.41) is 0. The second-order valence-corrected chi connectivity index (χ2v) is 5.38. The molecule has 0 bridgehead atoms. The van der Waals surface area contributed by atoms with Crippen molar-refractivity contribution < 1.29 is 14.3 Å². The smallest absolute Gasteiger partial charge is 0.306 e. The molecule has 17 heavy (non-hydrogen) atoms. The molecule has 0 spiro atoms. The maximum atomic E-state index is 12.0. The van der Waals surface area contributed by atoms with Gasteiger partial charge in [-0.1, -0.05) is 13.0 Å². The van der Waals surface area contributed by atoms with Crippen LogP contribution in [0, 0.1) is 5.92 Å². The van der Waals surface area contributed by atoms with Gasteiger partial charge in [-0.25, -0.2) is 0 Å². The van der Waals surface area contributed by atoms with Crippen LogP contribution in [0.2, 0.25) is 0 Å².